The minimum Gasteiger partial charge on any atom is -0.497 e. The number of aliphatic carboxylic acids is 2. The van der Waals surface area contributed by atoms with Crippen molar-refractivity contribution in [1.29, 1.82) is 0 Å². The quantitative estimate of drug-likeness (QED) is 0.472. The van der Waals surface area contributed by atoms with Crippen molar-refractivity contribution in [3.63, 3.8) is 0 Å². The molecule has 1 aromatic rings. The van der Waals surface area contributed by atoms with Crippen molar-refractivity contribution in [3.8, 4) is 5.75 Å². The molecule has 0 bridgehead atoms. The van der Waals surface area contributed by atoms with Gasteiger partial charge in [-0.1, -0.05) is 6.07 Å². The van der Waals surface area contributed by atoms with Crippen LogP contribution in [-0.2, 0) is 14.2 Å². The van der Waals surface area contributed by atoms with Crippen LogP contribution in [0.2, 0.25) is 0 Å². The van der Waals surface area contributed by atoms with Gasteiger partial charge in [0.1, 0.15) is 11.7 Å². The van der Waals surface area contributed by atoms with Gasteiger partial charge in [-0.2, -0.15) is 4.89 Å². The van der Waals surface area contributed by atoms with Crippen molar-refractivity contribution in [2.45, 2.75) is 18.5 Å². The molecule has 3 atom stereocenters. The number of ether oxygens (including phenoxy) is 1. The lowest BCUT2D eigenvalue weighted by molar-refractivity contribution is -0.142. The maximum absolute atomic E-state index is 11.5. The number of rotatable bonds is 10. The van der Waals surface area contributed by atoms with Crippen LogP contribution in [0.5, 0.6) is 5.75 Å². The van der Waals surface area contributed by atoms with Gasteiger partial charge in [-0.15, -0.1) is 0 Å². The number of hydrogen-bond acceptors (Lipinski definition) is 5. The molecule has 0 saturated carbocycles. The standard InChI is InChI=1S/C14H18NO7P/c1-22-10-4-2-3-9(7-10)15-8-12(23(20)21)11(14(18)19)5-6-13(16)17/h2-4,7,11-12,15H,5-6,8H2,1H3,(H2-,16,17,18,19,20,21)/p+1. The lowest BCUT2D eigenvalue weighted by atomic mass is 9.99. The molecule has 0 spiro atoms. The third-order valence-electron chi connectivity index (χ3n) is 3.32. The van der Waals surface area contributed by atoms with Gasteiger partial charge in [0.15, 0.2) is 0 Å². The third kappa shape index (κ3) is 6.22. The summed E-state index contributed by atoms with van der Waals surface area (Å²) in [5, 5.41) is 20.8. The van der Waals surface area contributed by atoms with Gasteiger partial charge >= 0.3 is 20.0 Å². The third-order valence-corrected chi connectivity index (χ3v) is 4.43. The van der Waals surface area contributed by atoms with E-state index in [1.54, 1.807) is 24.3 Å². The monoisotopic (exact) mass is 344 g/mol. The molecule has 1 aromatic carbocycles. The molecule has 0 heterocycles. The first-order valence-electron chi connectivity index (χ1n) is 6.83. The highest BCUT2D eigenvalue weighted by molar-refractivity contribution is 7.39. The number of carbonyl (C=O) groups is 2. The summed E-state index contributed by atoms with van der Waals surface area (Å²) < 4.78 is 16.6. The zero-order chi connectivity index (χ0) is 17.4. The summed E-state index contributed by atoms with van der Waals surface area (Å²) in [4.78, 5) is 31.3. The van der Waals surface area contributed by atoms with E-state index in [1.165, 1.54) is 7.11 Å². The SMILES string of the molecule is COc1cccc(NCC(C(CCC(=O)O)C(=O)O)[P+](=O)O)c1. The van der Waals surface area contributed by atoms with Crippen LogP contribution in [0.4, 0.5) is 5.69 Å². The van der Waals surface area contributed by atoms with Crippen molar-refractivity contribution < 1.29 is 34.0 Å². The van der Waals surface area contributed by atoms with E-state index < -0.39 is 31.5 Å². The van der Waals surface area contributed by atoms with Gasteiger partial charge in [-0.3, -0.25) is 9.59 Å². The van der Waals surface area contributed by atoms with Crippen LogP contribution in [0.3, 0.4) is 0 Å². The average molecular weight is 344 g/mol. The molecule has 9 heteroatoms. The van der Waals surface area contributed by atoms with E-state index >= 15 is 0 Å². The summed E-state index contributed by atoms with van der Waals surface area (Å²) in [6, 6.07) is 6.81. The number of methoxy groups -OCH3 is 1. The summed E-state index contributed by atoms with van der Waals surface area (Å²) in [7, 11) is -1.29. The molecule has 0 aromatic heterocycles. The molecule has 4 N–H and O–H groups in total. The Labute approximate surface area is 134 Å². The Morgan fingerprint density at radius 3 is 2.57 bits per heavy atom. The fourth-order valence-electron chi connectivity index (χ4n) is 2.09. The van der Waals surface area contributed by atoms with Crippen molar-refractivity contribution in [1.82, 2.24) is 0 Å². The predicted octanol–water partition coefficient (Wildman–Crippen LogP) is 1.78. The van der Waals surface area contributed by atoms with Gasteiger partial charge < -0.3 is 20.3 Å². The highest BCUT2D eigenvalue weighted by Crippen LogP contribution is 2.32. The maximum Gasteiger partial charge on any atom is 0.511 e. The number of anilines is 1. The summed E-state index contributed by atoms with van der Waals surface area (Å²) in [6.45, 7) is -0.0740. The van der Waals surface area contributed by atoms with Crippen LogP contribution in [-0.4, -0.2) is 46.4 Å². The molecule has 0 aliphatic carbocycles. The minimum atomic E-state index is -2.79. The average Bonchev–Trinajstić information content (AvgIpc) is 2.49. The van der Waals surface area contributed by atoms with Crippen LogP contribution in [0, 0.1) is 5.92 Å². The van der Waals surface area contributed by atoms with Crippen molar-refractivity contribution in [3.05, 3.63) is 24.3 Å². The van der Waals surface area contributed by atoms with E-state index in [0.29, 0.717) is 11.4 Å². The zero-order valence-corrected chi connectivity index (χ0v) is 13.4. The highest BCUT2D eigenvalue weighted by atomic mass is 31.1. The first-order chi connectivity index (χ1) is 10.8. The lowest BCUT2D eigenvalue weighted by Gasteiger charge is -2.15. The van der Waals surface area contributed by atoms with Crippen molar-refractivity contribution in [2.75, 3.05) is 19.0 Å². The van der Waals surface area contributed by atoms with Crippen molar-refractivity contribution in [2.24, 2.45) is 5.92 Å². The number of carboxylic acid groups (broad SMARTS) is 2. The molecule has 0 saturated heterocycles. The Hall–Kier alpha value is -2.18. The van der Waals surface area contributed by atoms with E-state index in [4.69, 9.17) is 9.84 Å². The number of carboxylic acids is 2. The molecule has 0 radical (unpaired) electrons. The maximum atomic E-state index is 11.5. The summed E-state index contributed by atoms with van der Waals surface area (Å²) in [5.74, 6) is -3.08. The normalized spacial score (nSPS) is 13.7. The molecule has 0 aliphatic heterocycles. The lowest BCUT2D eigenvalue weighted by Crippen LogP contribution is -2.32. The summed E-state index contributed by atoms with van der Waals surface area (Å²) in [6.07, 6.45) is -0.591. The Balaban J connectivity index is 2.81. The Kier molecular flexibility index (Phi) is 7.44. The van der Waals surface area contributed by atoms with Crippen molar-refractivity contribution >= 4 is 25.7 Å². The first-order valence-corrected chi connectivity index (χ1v) is 8.11. The van der Waals surface area contributed by atoms with Gasteiger partial charge in [-0.05, 0) is 23.1 Å². The first kappa shape index (κ1) is 18.9. The molecular formula is C14H19NO7P+. The highest BCUT2D eigenvalue weighted by Gasteiger charge is 2.42. The predicted molar refractivity (Wildman–Crippen MR) is 83.1 cm³/mol. The van der Waals surface area contributed by atoms with Gasteiger partial charge in [0.05, 0.1) is 13.7 Å². The van der Waals surface area contributed by atoms with E-state index in [2.05, 4.69) is 5.32 Å². The van der Waals surface area contributed by atoms with Gasteiger partial charge in [0.2, 0.25) is 5.66 Å². The van der Waals surface area contributed by atoms with Crippen LogP contribution < -0.4 is 10.1 Å². The Morgan fingerprint density at radius 2 is 2.04 bits per heavy atom. The Morgan fingerprint density at radius 1 is 1.35 bits per heavy atom. The molecular weight excluding hydrogens is 325 g/mol. The van der Waals surface area contributed by atoms with E-state index in [1.807, 2.05) is 0 Å². The smallest absolute Gasteiger partial charge is 0.497 e. The molecule has 126 valence electrons. The van der Waals surface area contributed by atoms with Crippen LogP contribution in [0.1, 0.15) is 12.8 Å². The Bertz CT molecular complexity index is 578. The van der Waals surface area contributed by atoms with E-state index in [0.717, 1.165) is 0 Å². The van der Waals surface area contributed by atoms with E-state index in [-0.39, 0.29) is 19.4 Å². The van der Waals surface area contributed by atoms with Crippen LogP contribution in [0.15, 0.2) is 24.3 Å². The summed E-state index contributed by atoms with van der Waals surface area (Å²) in [5.41, 5.74) is -0.498. The zero-order valence-electron chi connectivity index (χ0n) is 12.5. The second-order valence-corrected chi connectivity index (χ2v) is 6.13. The minimum absolute atomic E-state index is 0.0740. The summed E-state index contributed by atoms with van der Waals surface area (Å²) >= 11 is 0. The molecule has 0 fully saturated rings. The van der Waals surface area contributed by atoms with E-state index in [9.17, 15) is 24.2 Å². The topological polar surface area (TPSA) is 133 Å². The van der Waals surface area contributed by atoms with Gasteiger partial charge in [-0.25, -0.2) is 0 Å². The molecule has 3 unspecified atom stereocenters. The van der Waals surface area contributed by atoms with Crippen LogP contribution in [0.25, 0.3) is 0 Å². The molecule has 8 nitrogen and oxygen atoms in total. The number of nitrogens with one attached hydrogen (secondary N) is 1. The van der Waals surface area contributed by atoms with Gasteiger partial charge in [0.25, 0.3) is 0 Å². The second kappa shape index (κ2) is 9.07. The fraction of sp³-hybridized carbons (Fsp3) is 0.429. The second-order valence-electron chi connectivity index (χ2n) is 4.86. The number of hydrogen-bond donors (Lipinski definition) is 4. The molecule has 0 amide bonds. The molecule has 1 rings (SSSR count). The molecule has 0 aliphatic rings. The number of benzene rings is 1. The fourth-order valence-corrected chi connectivity index (χ4v) is 2.92. The largest absolute Gasteiger partial charge is 0.511 e. The van der Waals surface area contributed by atoms with Crippen LogP contribution >= 0.6 is 8.03 Å². The van der Waals surface area contributed by atoms with Gasteiger partial charge in [0, 0.05) is 18.2 Å². The molecule has 23 heavy (non-hydrogen) atoms.